The lowest BCUT2D eigenvalue weighted by Gasteiger charge is -2.26. The van der Waals surface area contributed by atoms with Crippen molar-refractivity contribution in [3.05, 3.63) is 0 Å². The van der Waals surface area contributed by atoms with E-state index in [0.717, 1.165) is 19.3 Å². The van der Waals surface area contributed by atoms with E-state index < -0.39 is 10.4 Å². The normalized spacial score (nSPS) is 15.4. The van der Waals surface area contributed by atoms with E-state index in [1.807, 2.05) is 7.05 Å². The molecule has 0 rings (SSSR count). The number of rotatable bonds is 12. The fourth-order valence-corrected chi connectivity index (χ4v) is 2.57. The molecule has 0 aromatic carbocycles. The standard InChI is InChI=1S/C12H28N2O4S/c1-5-7-8-9-11(13-3)12(14-4)10-18-19(15,16)17-6-2/h11-14H,5-10H2,1-4H3. The van der Waals surface area contributed by atoms with E-state index in [1.54, 1.807) is 14.0 Å². The molecule has 0 amide bonds. The van der Waals surface area contributed by atoms with Crippen LogP contribution in [0.4, 0.5) is 0 Å². The van der Waals surface area contributed by atoms with Crippen molar-refractivity contribution in [3.8, 4) is 0 Å². The van der Waals surface area contributed by atoms with Crippen LogP contribution in [-0.4, -0.2) is 47.8 Å². The quantitative estimate of drug-likeness (QED) is 0.524. The Labute approximate surface area is 117 Å². The Morgan fingerprint density at radius 1 is 1.00 bits per heavy atom. The number of unbranched alkanes of at least 4 members (excludes halogenated alkanes) is 2. The molecule has 0 aromatic heterocycles. The van der Waals surface area contributed by atoms with Gasteiger partial charge in [0.15, 0.2) is 0 Å². The van der Waals surface area contributed by atoms with Crippen LogP contribution in [0.15, 0.2) is 0 Å². The highest BCUT2D eigenvalue weighted by molar-refractivity contribution is 7.81. The molecule has 6 nitrogen and oxygen atoms in total. The summed E-state index contributed by atoms with van der Waals surface area (Å²) in [6.07, 6.45) is 4.43. The molecule has 2 N–H and O–H groups in total. The van der Waals surface area contributed by atoms with E-state index in [0.29, 0.717) is 0 Å². The van der Waals surface area contributed by atoms with Gasteiger partial charge in [0.2, 0.25) is 0 Å². The molecule has 116 valence electrons. The first-order valence-electron chi connectivity index (χ1n) is 6.89. The van der Waals surface area contributed by atoms with E-state index in [4.69, 9.17) is 4.18 Å². The zero-order valence-corrected chi connectivity index (χ0v) is 13.3. The minimum Gasteiger partial charge on any atom is -0.315 e. The van der Waals surface area contributed by atoms with Crippen LogP contribution in [0.5, 0.6) is 0 Å². The lowest BCUT2D eigenvalue weighted by atomic mass is 10.0. The number of hydrogen-bond acceptors (Lipinski definition) is 6. The van der Waals surface area contributed by atoms with E-state index in [9.17, 15) is 8.42 Å². The molecule has 0 aliphatic heterocycles. The fraction of sp³-hybridized carbons (Fsp3) is 1.00. The van der Waals surface area contributed by atoms with Crippen molar-refractivity contribution >= 4 is 10.4 Å². The zero-order valence-electron chi connectivity index (χ0n) is 12.4. The molecule has 0 aliphatic rings. The van der Waals surface area contributed by atoms with Crippen molar-refractivity contribution in [1.29, 1.82) is 0 Å². The van der Waals surface area contributed by atoms with Gasteiger partial charge in [0.05, 0.1) is 13.2 Å². The summed E-state index contributed by atoms with van der Waals surface area (Å²) in [5.74, 6) is 0. The van der Waals surface area contributed by atoms with Gasteiger partial charge in [0.1, 0.15) is 0 Å². The summed E-state index contributed by atoms with van der Waals surface area (Å²) >= 11 is 0. The highest BCUT2D eigenvalue weighted by Gasteiger charge is 2.21. The SMILES string of the molecule is CCCCCC(NC)C(COS(=O)(=O)OCC)NC. The first kappa shape index (κ1) is 18.8. The number of nitrogens with one attached hydrogen (secondary N) is 2. The zero-order chi connectivity index (χ0) is 14.7. The van der Waals surface area contributed by atoms with Crippen LogP contribution in [-0.2, 0) is 18.8 Å². The summed E-state index contributed by atoms with van der Waals surface area (Å²) in [5, 5.41) is 6.29. The van der Waals surface area contributed by atoms with Gasteiger partial charge >= 0.3 is 10.4 Å². The van der Waals surface area contributed by atoms with Gasteiger partial charge in [-0.25, -0.2) is 8.37 Å². The fourth-order valence-electron chi connectivity index (χ4n) is 1.90. The molecule has 0 bridgehead atoms. The Kier molecular flexibility index (Phi) is 10.4. The van der Waals surface area contributed by atoms with Crippen LogP contribution in [0.3, 0.4) is 0 Å². The molecule has 0 aliphatic carbocycles. The van der Waals surface area contributed by atoms with Crippen LogP contribution in [0.25, 0.3) is 0 Å². The van der Waals surface area contributed by atoms with Crippen LogP contribution >= 0.6 is 0 Å². The first-order chi connectivity index (χ1) is 9.00. The Morgan fingerprint density at radius 3 is 2.11 bits per heavy atom. The predicted molar refractivity (Wildman–Crippen MR) is 76.3 cm³/mol. The number of likely N-dealkylation sites (N-methyl/N-ethyl adjacent to an activating group) is 2. The van der Waals surface area contributed by atoms with Crippen molar-refractivity contribution in [3.63, 3.8) is 0 Å². The van der Waals surface area contributed by atoms with Crippen molar-refractivity contribution in [2.24, 2.45) is 0 Å². The molecule has 0 saturated heterocycles. The molecule has 0 radical (unpaired) electrons. The summed E-state index contributed by atoms with van der Waals surface area (Å²) in [4.78, 5) is 0. The third-order valence-corrected chi connectivity index (χ3v) is 3.95. The molecular weight excluding hydrogens is 268 g/mol. The summed E-state index contributed by atoms with van der Waals surface area (Å²) < 4.78 is 32.1. The van der Waals surface area contributed by atoms with E-state index in [-0.39, 0.29) is 25.3 Å². The maximum absolute atomic E-state index is 11.3. The van der Waals surface area contributed by atoms with E-state index >= 15 is 0 Å². The Morgan fingerprint density at radius 2 is 1.63 bits per heavy atom. The molecule has 19 heavy (non-hydrogen) atoms. The van der Waals surface area contributed by atoms with Gasteiger partial charge < -0.3 is 10.6 Å². The average molecular weight is 296 g/mol. The molecule has 0 saturated carbocycles. The molecule has 0 aromatic rings. The van der Waals surface area contributed by atoms with Crippen molar-refractivity contribution in [2.75, 3.05) is 27.3 Å². The van der Waals surface area contributed by atoms with Gasteiger partial charge in [-0.1, -0.05) is 26.2 Å². The van der Waals surface area contributed by atoms with Gasteiger partial charge in [-0.15, -0.1) is 0 Å². The largest absolute Gasteiger partial charge is 0.399 e. The molecule has 0 fully saturated rings. The molecular formula is C12H28N2O4S. The monoisotopic (exact) mass is 296 g/mol. The van der Waals surface area contributed by atoms with Crippen LogP contribution in [0.2, 0.25) is 0 Å². The first-order valence-corrected chi connectivity index (χ1v) is 8.22. The van der Waals surface area contributed by atoms with Gasteiger partial charge in [0.25, 0.3) is 0 Å². The summed E-state index contributed by atoms with van der Waals surface area (Å²) in [7, 11) is -0.201. The third kappa shape index (κ3) is 8.54. The van der Waals surface area contributed by atoms with Crippen LogP contribution in [0, 0.1) is 0 Å². The maximum atomic E-state index is 11.3. The van der Waals surface area contributed by atoms with Crippen molar-refractivity contribution in [2.45, 2.75) is 51.6 Å². The molecule has 7 heteroatoms. The average Bonchev–Trinajstić information content (AvgIpc) is 2.37. The Balaban J connectivity index is 4.29. The molecule has 2 atom stereocenters. The number of hydrogen-bond donors (Lipinski definition) is 2. The smallest absolute Gasteiger partial charge is 0.315 e. The molecule has 0 spiro atoms. The lowest BCUT2D eigenvalue weighted by Crippen LogP contribution is -2.48. The third-order valence-electron chi connectivity index (χ3n) is 3.00. The minimum atomic E-state index is -3.87. The van der Waals surface area contributed by atoms with Gasteiger partial charge in [0, 0.05) is 12.1 Å². The minimum absolute atomic E-state index is 0.0659. The van der Waals surface area contributed by atoms with E-state index in [1.165, 1.54) is 6.42 Å². The van der Waals surface area contributed by atoms with Crippen molar-refractivity contribution < 1.29 is 16.8 Å². The maximum Gasteiger partial charge on any atom is 0.399 e. The lowest BCUT2D eigenvalue weighted by molar-refractivity contribution is 0.188. The highest BCUT2D eigenvalue weighted by Crippen LogP contribution is 2.08. The summed E-state index contributed by atoms with van der Waals surface area (Å²) in [5.41, 5.74) is 0. The summed E-state index contributed by atoms with van der Waals surface area (Å²) in [6, 6.07) is 0.102. The highest BCUT2D eigenvalue weighted by atomic mass is 32.3. The Bertz CT molecular complexity index is 309. The van der Waals surface area contributed by atoms with Crippen LogP contribution in [0.1, 0.15) is 39.5 Å². The Hall–Kier alpha value is -0.210. The topological polar surface area (TPSA) is 76.7 Å². The van der Waals surface area contributed by atoms with Gasteiger partial charge in [-0.3, -0.25) is 0 Å². The van der Waals surface area contributed by atoms with Gasteiger partial charge in [-0.2, -0.15) is 8.42 Å². The molecule has 0 heterocycles. The summed E-state index contributed by atoms with van der Waals surface area (Å²) in [6.45, 7) is 3.91. The van der Waals surface area contributed by atoms with E-state index in [2.05, 4.69) is 21.7 Å². The van der Waals surface area contributed by atoms with Crippen molar-refractivity contribution in [1.82, 2.24) is 10.6 Å². The molecule has 2 unspecified atom stereocenters. The second-order valence-electron chi connectivity index (χ2n) is 4.39. The second kappa shape index (κ2) is 10.6. The van der Waals surface area contributed by atoms with Crippen LogP contribution < -0.4 is 10.6 Å². The predicted octanol–water partition coefficient (Wildman–Crippen LogP) is 1.04. The van der Waals surface area contributed by atoms with Gasteiger partial charge in [-0.05, 0) is 27.4 Å². The second-order valence-corrected chi connectivity index (χ2v) is 5.67.